The number of non-ortho nitro benzene ring substituents is 1. The van der Waals surface area contributed by atoms with Crippen molar-refractivity contribution in [2.24, 2.45) is 0 Å². The van der Waals surface area contributed by atoms with E-state index in [9.17, 15) is 10.1 Å². The first-order valence-electron chi connectivity index (χ1n) is 5.38. The molecule has 0 aromatic heterocycles. The minimum absolute atomic E-state index is 0.120. The van der Waals surface area contributed by atoms with E-state index in [1.165, 1.54) is 6.07 Å². The molecular formula is C11H13BrN2O2S. The molecule has 1 N–H and O–H groups in total. The predicted molar refractivity (Wildman–Crippen MR) is 74.7 cm³/mol. The molecule has 1 heterocycles. The van der Waals surface area contributed by atoms with E-state index in [0.717, 1.165) is 22.3 Å². The summed E-state index contributed by atoms with van der Waals surface area (Å²) in [4.78, 5) is 10.3. The van der Waals surface area contributed by atoms with Crippen molar-refractivity contribution in [1.82, 2.24) is 0 Å². The van der Waals surface area contributed by atoms with Crippen molar-refractivity contribution in [3.8, 4) is 0 Å². The fourth-order valence-electron chi connectivity index (χ4n) is 1.88. The van der Waals surface area contributed by atoms with Gasteiger partial charge in [0.1, 0.15) is 0 Å². The average Bonchev–Trinajstić information content (AvgIpc) is 2.67. The number of benzene rings is 1. The van der Waals surface area contributed by atoms with Crippen LogP contribution in [-0.2, 0) is 0 Å². The second-order valence-electron chi connectivity index (χ2n) is 4.14. The Bertz CT molecular complexity index is 441. The van der Waals surface area contributed by atoms with Crippen LogP contribution in [0.2, 0.25) is 0 Å². The van der Waals surface area contributed by atoms with Gasteiger partial charge in [-0.15, -0.1) is 0 Å². The van der Waals surface area contributed by atoms with Crippen LogP contribution >= 0.6 is 27.7 Å². The van der Waals surface area contributed by atoms with Crippen LogP contribution in [0.5, 0.6) is 0 Å². The molecular weight excluding hydrogens is 304 g/mol. The highest BCUT2D eigenvalue weighted by Crippen LogP contribution is 2.32. The molecule has 17 heavy (non-hydrogen) atoms. The van der Waals surface area contributed by atoms with Gasteiger partial charge >= 0.3 is 0 Å². The van der Waals surface area contributed by atoms with Gasteiger partial charge in [-0.25, -0.2) is 0 Å². The molecule has 1 aromatic carbocycles. The average molecular weight is 317 g/mol. The zero-order chi connectivity index (χ0) is 12.4. The topological polar surface area (TPSA) is 55.2 Å². The summed E-state index contributed by atoms with van der Waals surface area (Å²) < 4.78 is 0.868. The summed E-state index contributed by atoms with van der Waals surface area (Å²) in [6, 6.07) is 5.19. The lowest BCUT2D eigenvalue weighted by atomic mass is 10.2. The maximum atomic E-state index is 10.7. The van der Waals surface area contributed by atoms with Crippen LogP contribution in [0, 0.1) is 10.1 Å². The summed E-state index contributed by atoms with van der Waals surface area (Å²) in [5.41, 5.74) is 0.924. The summed E-state index contributed by atoms with van der Waals surface area (Å²) in [5, 5.41) is 14.7. The number of thioether (sulfide) groups is 1. The quantitative estimate of drug-likeness (QED) is 0.683. The summed E-state index contributed by atoms with van der Waals surface area (Å²) >= 11 is 5.34. The number of anilines is 1. The minimum Gasteiger partial charge on any atom is -0.380 e. The number of hydrogen-bond donors (Lipinski definition) is 1. The second kappa shape index (κ2) is 5.27. The van der Waals surface area contributed by atoms with Gasteiger partial charge in [0.15, 0.2) is 0 Å². The van der Waals surface area contributed by atoms with Crippen molar-refractivity contribution in [2.75, 3.05) is 11.1 Å². The molecule has 0 amide bonds. The van der Waals surface area contributed by atoms with Crippen molar-refractivity contribution in [3.63, 3.8) is 0 Å². The zero-order valence-electron chi connectivity index (χ0n) is 9.35. The summed E-state index contributed by atoms with van der Waals surface area (Å²) in [5.74, 6) is 1.05. The first kappa shape index (κ1) is 12.7. The lowest BCUT2D eigenvalue weighted by Gasteiger charge is -2.14. The van der Waals surface area contributed by atoms with E-state index in [1.54, 1.807) is 12.1 Å². The van der Waals surface area contributed by atoms with E-state index in [4.69, 9.17) is 0 Å². The van der Waals surface area contributed by atoms with Gasteiger partial charge in [-0.2, -0.15) is 11.8 Å². The molecule has 2 unspecified atom stereocenters. The Morgan fingerprint density at radius 1 is 1.59 bits per heavy atom. The van der Waals surface area contributed by atoms with Crippen molar-refractivity contribution in [2.45, 2.75) is 24.6 Å². The Kier molecular flexibility index (Phi) is 3.93. The Morgan fingerprint density at radius 2 is 2.35 bits per heavy atom. The number of nitro groups is 1. The molecule has 0 aliphatic carbocycles. The summed E-state index contributed by atoms with van der Waals surface area (Å²) in [6.45, 7) is 2.20. The van der Waals surface area contributed by atoms with Crippen molar-refractivity contribution >= 4 is 39.1 Å². The highest BCUT2D eigenvalue weighted by molar-refractivity contribution is 9.10. The molecule has 1 fully saturated rings. The number of nitro benzene ring substituents is 1. The molecule has 4 nitrogen and oxygen atoms in total. The first-order valence-corrected chi connectivity index (χ1v) is 7.22. The maximum absolute atomic E-state index is 10.7. The van der Waals surface area contributed by atoms with Gasteiger partial charge in [-0.05, 0) is 28.4 Å². The van der Waals surface area contributed by atoms with E-state index in [2.05, 4.69) is 28.2 Å². The molecule has 92 valence electrons. The third-order valence-electron chi connectivity index (χ3n) is 2.72. The number of hydrogen-bond acceptors (Lipinski definition) is 4. The standard InChI is InChI=1S/C11H13BrN2O2S/c1-7-4-8(6-17-7)13-11-5-9(14(15)16)2-3-10(11)12/h2-3,5,7-8,13H,4,6H2,1H3. The van der Waals surface area contributed by atoms with Crippen LogP contribution in [0.1, 0.15) is 13.3 Å². The van der Waals surface area contributed by atoms with E-state index < -0.39 is 0 Å². The zero-order valence-corrected chi connectivity index (χ0v) is 11.8. The van der Waals surface area contributed by atoms with Crippen LogP contribution in [0.3, 0.4) is 0 Å². The Labute approximate surface area is 112 Å². The highest BCUT2D eigenvalue weighted by Gasteiger charge is 2.22. The third-order valence-corrected chi connectivity index (χ3v) is 4.77. The summed E-state index contributed by atoms with van der Waals surface area (Å²) in [6.07, 6.45) is 1.10. The molecule has 2 atom stereocenters. The van der Waals surface area contributed by atoms with Gasteiger partial charge in [0, 0.05) is 33.7 Å². The molecule has 1 aliphatic heterocycles. The lowest BCUT2D eigenvalue weighted by Crippen LogP contribution is -2.19. The van der Waals surface area contributed by atoms with Crippen LogP contribution < -0.4 is 5.32 Å². The monoisotopic (exact) mass is 316 g/mol. The van der Waals surface area contributed by atoms with Gasteiger partial charge in [0.2, 0.25) is 0 Å². The van der Waals surface area contributed by atoms with Gasteiger partial charge in [0.25, 0.3) is 5.69 Å². The normalized spacial score (nSPS) is 23.6. The van der Waals surface area contributed by atoms with Crippen molar-refractivity contribution in [3.05, 3.63) is 32.8 Å². The van der Waals surface area contributed by atoms with Gasteiger partial charge < -0.3 is 5.32 Å². The Morgan fingerprint density at radius 3 is 2.94 bits per heavy atom. The SMILES string of the molecule is CC1CC(Nc2cc([N+](=O)[O-])ccc2Br)CS1. The molecule has 0 spiro atoms. The molecule has 0 saturated carbocycles. The van der Waals surface area contributed by atoms with Gasteiger partial charge in [-0.1, -0.05) is 6.92 Å². The van der Waals surface area contributed by atoms with E-state index >= 15 is 0 Å². The molecule has 0 bridgehead atoms. The van der Waals surface area contributed by atoms with E-state index in [0.29, 0.717) is 11.3 Å². The van der Waals surface area contributed by atoms with Crippen LogP contribution in [0.25, 0.3) is 0 Å². The predicted octanol–water partition coefficient (Wildman–Crippen LogP) is 3.66. The summed E-state index contributed by atoms with van der Waals surface area (Å²) in [7, 11) is 0. The van der Waals surface area contributed by atoms with Crippen molar-refractivity contribution < 1.29 is 4.92 Å². The number of rotatable bonds is 3. The van der Waals surface area contributed by atoms with Gasteiger partial charge in [-0.3, -0.25) is 10.1 Å². The highest BCUT2D eigenvalue weighted by atomic mass is 79.9. The molecule has 6 heteroatoms. The molecule has 0 radical (unpaired) electrons. The van der Waals surface area contributed by atoms with Crippen LogP contribution in [0.4, 0.5) is 11.4 Å². The van der Waals surface area contributed by atoms with E-state index in [1.807, 2.05) is 11.8 Å². The number of nitrogens with one attached hydrogen (secondary N) is 1. The number of halogens is 1. The molecule has 1 saturated heterocycles. The third kappa shape index (κ3) is 3.13. The Balaban J connectivity index is 2.14. The fraction of sp³-hybridized carbons (Fsp3) is 0.455. The largest absolute Gasteiger partial charge is 0.380 e. The maximum Gasteiger partial charge on any atom is 0.271 e. The van der Waals surface area contributed by atoms with E-state index in [-0.39, 0.29) is 10.6 Å². The fourth-order valence-corrected chi connectivity index (χ4v) is 3.38. The number of nitrogens with zero attached hydrogens (tertiary/aromatic N) is 1. The van der Waals surface area contributed by atoms with Crippen LogP contribution in [-0.4, -0.2) is 22.0 Å². The lowest BCUT2D eigenvalue weighted by molar-refractivity contribution is -0.384. The Hall–Kier alpha value is -0.750. The minimum atomic E-state index is -0.371. The molecule has 1 aliphatic rings. The van der Waals surface area contributed by atoms with Gasteiger partial charge in [0.05, 0.1) is 10.6 Å². The van der Waals surface area contributed by atoms with Crippen molar-refractivity contribution in [1.29, 1.82) is 0 Å². The smallest absolute Gasteiger partial charge is 0.271 e. The molecule has 2 rings (SSSR count). The van der Waals surface area contributed by atoms with Crippen LogP contribution in [0.15, 0.2) is 22.7 Å². The second-order valence-corrected chi connectivity index (χ2v) is 6.47. The first-order chi connectivity index (χ1) is 8.06. The molecule has 1 aromatic rings.